The zero-order valence-corrected chi connectivity index (χ0v) is 17.2. The predicted molar refractivity (Wildman–Crippen MR) is 117 cm³/mol. The highest BCUT2D eigenvalue weighted by Crippen LogP contribution is 2.25. The number of halogens is 2. The molecule has 0 aliphatic heterocycles. The Morgan fingerprint density at radius 2 is 1.76 bits per heavy atom. The number of hydrogen-bond acceptors (Lipinski definition) is 4. The number of benzene rings is 2. The molecule has 0 atom stereocenters. The minimum Gasteiger partial charge on any atom is -0.490 e. The van der Waals surface area contributed by atoms with Crippen LogP contribution < -0.4 is 15.5 Å². The van der Waals surface area contributed by atoms with Gasteiger partial charge in [0.2, 0.25) is 11.8 Å². The van der Waals surface area contributed by atoms with Crippen LogP contribution in [-0.4, -0.2) is 24.6 Å². The first-order valence-electron chi connectivity index (χ1n) is 8.88. The highest BCUT2D eigenvalue weighted by Gasteiger charge is 2.06. The van der Waals surface area contributed by atoms with E-state index in [1.54, 1.807) is 36.4 Å². The maximum absolute atomic E-state index is 11.9. The standard InChI is InChI=1S/C21H21Cl2N3O3/c1-2-12-29-17-9-6-15(7-10-17)14-24-26-21(28)5-3-4-20(27)25-16-8-11-18(22)19(23)13-16/h2,6-11,13-14H,1,3-5,12H2,(H,25,27)(H,26,28)/b24-14-. The Bertz CT molecular complexity index is 883. The third-order valence-corrected chi connectivity index (χ3v) is 4.40. The second-order valence-electron chi connectivity index (χ2n) is 5.99. The van der Waals surface area contributed by atoms with Crippen molar-refractivity contribution in [3.63, 3.8) is 0 Å². The molecule has 0 radical (unpaired) electrons. The van der Waals surface area contributed by atoms with Crippen LogP contribution in [0.4, 0.5) is 5.69 Å². The summed E-state index contributed by atoms with van der Waals surface area (Å²) in [5.41, 5.74) is 3.81. The van der Waals surface area contributed by atoms with Crippen LogP contribution >= 0.6 is 23.2 Å². The van der Waals surface area contributed by atoms with Gasteiger partial charge in [-0.2, -0.15) is 5.10 Å². The van der Waals surface area contributed by atoms with Crippen molar-refractivity contribution in [3.05, 3.63) is 70.7 Å². The molecule has 6 nitrogen and oxygen atoms in total. The maximum Gasteiger partial charge on any atom is 0.240 e. The first-order chi connectivity index (χ1) is 14.0. The topological polar surface area (TPSA) is 79.8 Å². The van der Waals surface area contributed by atoms with Gasteiger partial charge in [-0.1, -0.05) is 35.9 Å². The smallest absolute Gasteiger partial charge is 0.240 e. The van der Waals surface area contributed by atoms with E-state index in [-0.39, 0.29) is 24.7 Å². The van der Waals surface area contributed by atoms with Gasteiger partial charge in [-0.3, -0.25) is 9.59 Å². The van der Waals surface area contributed by atoms with E-state index in [1.807, 2.05) is 12.1 Å². The van der Waals surface area contributed by atoms with Crippen molar-refractivity contribution in [2.24, 2.45) is 5.10 Å². The number of hydrazone groups is 1. The fourth-order valence-corrected chi connectivity index (χ4v) is 2.54. The zero-order valence-electron chi connectivity index (χ0n) is 15.7. The van der Waals surface area contributed by atoms with Crippen LogP contribution in [0, 0.1) is 0 Å². The lowest BCUT2D eigenvalue weighted by molar-refractivity contribution is -0.121. The van der Waals surface area contributed by atoms with E-state index < -0.39 is 0 Å². The van der Waals surface area contributed by atoms with Crippen LogP contribution in [0.15, 0.2) is 60.2 Å². The summed E-state index contributed by atoms with van der Waals surface area (Å²) < 4.78 is 5.39. The highest BCUT2D eigenvalue weighted by molar-refractivity contribution is 6.42. The monoisotopic (exact) mass is 433 g/mol. The third kappa shape index (κ3) is 8.37. The van der Waals surface area contributed by atoms with Gasteiger partial charge in [0.05, 0.1) is 16.3 Å². The number of anilines is 1. The molecule has 2 N–H and O–H groups in total. The van der Waals surface area contributed by atoms with Crippen molar-refractivity contribution in [3.8, 4) is 5.75 Å². The number of carbonyl (C=O) groups excluding carboxylic acids is 2. The molecule has 29 heavy (non-hydrogen) atoms. The third-order valence-electron chi connectivity index (χ3n) is 3.66. The van der Waals surface area contributed by atoms with Crippen LogP contribution in [0.2, 0.25) is 10.0 Å². The molecule has 0 unspecified atom stereocenters. The van der Waals surface area contributed by atoms with Gasteiger partial charge in [0.25, 0.3) is 0 Å². The molecule has 0 bridgehead atoms. The van der Waals surface area contributed by atoms with E-state index in [0.717, 1.165) is 11.3 Å². The molecule has 152 valence electrons. The second kappa shape index (κ2) is 11.9. The fraction of sp³-hybridized carbons (Fsp3) is 0.190. The van der Waals surface area contributed by atoms with E-state index in [1.165, 1.54) is 6.21 Å². The van der Waals surface area contributed by atoms with Gasteiger partial charge >= 0.3 is 0 Å². The molecule has 8 heteroatoms. The molecule has 0 saturated carbocycles. The quantitative estimate of drug-likeness (QED) is 0.320. The second-order valence-corrected chi connectivity index (χ2v) is 6.81. The first-order valence-corrected chi connectivity index (χ1v) is 9.64. The SMILES string of the molecule is C=CCOc1ccc(/C=N\NC(=O)CCCC(=O)Nc2ccc(Cl)c(Cl)c2)cc1. The predicted octanol–water partition coefficient (Wildman–Crippen LogP) is 4.82. The first kappa shape index (κ1) is 22.5. The van der Waals surface area contributed by atoms with Crippen LogP contribution in [0.1, 0.15) is 24.8 Å². The van der Waals surface area contributed by atoms with E-state index in [9.17, 15) is 9.59 Å². The lowest BCUT2D eigenvalue weighted by Crippen LogP contribution is -2.18. The van der Waals surface area contributed by atoms with Crippen molar-refractivity contribution in [1.29, 1.82) is 0 Å². The van der Waals surface area contributed by atoms with Gasteiger partial charge in [-0.15, -0.1) is 0 Å². The Morgan fingerprint density at radius 3 is 2.45 bits per heavy atom. The van der Waals surface area contributed by atoms with Crippen LogP contribution in [-0.2, 0) is 9.59 Å². The average Bonchev–Trinajstić information content (AvgIpc) is 2.70. The molecule has 0 aromatic heterocycles. The van der Waals surface area contributed by atoms with Crippen LogP contribution in [0.5, 0.6) is 5.75 Å². The molecule has 0 fully saturated rings. The normalized spacial score (nSPS) is 10.6. The Morgan fingerprint density at radius 1 is 1.03 bits per heavy atom. The van der Waals surface area contributed by atoms with Crippen molar-refractivity contribution in [1.82, 2.24) is 5.43 Å². The fourth-order valence-electron chi connectivity index (χ4n) is 2.25. The molecule has 2 aromatic carbocycles. The van der Waals surface area contributed by atoms with Crippen LogP contribution in [0.3, 0.4) is 0 Å². The molecule has 0 aliphatic rings. The average molecular weight is 434 g/mol. The zero-order chi connectivity index (χ0) is 21.1. The Kier molecular flexibility index (Phi) is 9.21. The maximum atomic E-state index is 11.9. The number of amides is 2. The molecule has 2 aromatic rings. The lowest BCUT2D eigenvalue weighted by Gasteiger charge is -2.06. The van der Waals surface area contributed by atoms with E-state index in [4.69, 9.17) is 27.9 Å². The minimum atomic E-state index is -0.269. The van der Waals surface area contributed by atoms with Gasteiger partial charge in [0.1, 0.15) is 12.4 Å². The number of hydrogen-bond donors (Lipinski definition) is 2. The summed E-state index contributed by atoms with van der Waals surface area (Å²) in [6.45, 7) is 4.03. The van der Waals surface area contributed by atoms with Gasteiger partial charge in [0.15, 0.2) is 0 Å². The number of rotatable bonds is 10. The van der Waals surface area contributed by atoms with Gasteiger partial charge < -0.3 is 10.1 Å². The summed E-state index contributed by atoms with van der Waals surface area (Å²) in [5.74, 6) is 0.248. The van der Waals surface area contributed by atoms with E-state index in [0.29, 0.717) is 28.8 Å². The Hall–Kier alpha value is -2.83. The lowest BCUT2D eigenvalue weighted by atomic mass is 10.2. The largest absolute Gasteiger partial charge is 0.490 e. The number of ether oxygens (including phenoxy) is 1. The van der Waals surface area contributed by atoms with Crippen molar-refractivity contribution in [2.45, 2.75) is 19.3 Å². The molecular formula is C21H21Cl2N3O3. The summed E-state index contributed by atoms with van der Waals surface area (Å²) >= 11 is 11.7. The highest BCUT2D eigenvalue weighted by atomic mass is 35.5. The molecule has 2 amide bonds. The summed E-state index contributed by atoms with van der Waals surface area (Å²) in [6, 6.07) is 12.1. The Balaban J connectivity index is 1.67. The molecule has 2 rings (SSSR count). The molecule has 0 saturated heterocycles. The number of nitrogens with zero attached hydrogens (tertiary/aromatic N) is 1. The minimum absolute atomic E-state index is 0.181. The Labute approximate surface area is 179 Å². The molecular weight excluding hydrogens is 413 g/mol. The van der Waals surface area contributed by atoms with E-state index >= 15 is 0 Å². The summed E-state index contributed by atoms with van der Waals surface area (Å²) in [4.78, 5) is 23.7. The number of carbonyl (C=O) groups is 2. The van der Waals surface area contributed by atoms with Crippen molar-refractivity contribution < 1.29 is 14.3 Å². The number of nitrogens with one attached hydrogen (secondary N) is 2. The molecule has 0 aliphatic carbocycles. The molecule has 0 spiro atoms. The molecule has 0 heterocycles. The van der Waals surface area contributed by atoms with Crippen molar-refractivity contribution >= 4 is 46.9 Å². The summed E-state index contributed by atoms with van der Waals surface area (Å²) in [6.07, 6.45) is 3.97. The summed E-state index contributed by atoms with van der Waals surface area (Å²) in [7, 11) is 0. The van der Waals surface area contributed by atoms with Gasteiger partial charge in [-0.25, -0.2) is 5.43 Å². The van der Waals surface area contributed by atoms with Crippen LogP contribution in [0.25, 0.3) is 0 Å². The summed E-state index contributed by atoms with van der Waals surface area (Å²) in [5, 5.41) is 7.39. The van der Waals surface area contributed by atoms with Crippen molar-refractivity contribution in [2.75, 3.05) is 11.9 Å². The van der Waals surface area contributed by atoms with Gasteiger partial charge in [0, 0.05) is 18.5 Å². The van der Waals surface area contributed by atoms with E-state index in [2.05, 4.69) is 22.4 Å². The van der Waals surface area contributed by atoms with Gasteiger partial charge in [-0.05, 0) is 54.4 Å².